The van der Waals surface area contributed by atoms with Crippen LogP contribution in [0.2, 0.25) is 0 Å². The van der Waals surface area contributed by atoms with Crippen LogP contribution in [0, 0.1) is 3.57 Å². The molecule has 0 fully saturated rings. The van der Waals surface area contributed by atoms with E-state index >= 15 is 0 Å². The van der Waals surface area contributed by atoms with Crippen LogP contribution in [-0.2, 0) is 4.79 Å². The number of hydrogen-bond donors (Lipinski definition) is 2. The molecular formula is C15H15IN2O2. The number of nitrogens with two attached hydrogens (primary N) is 1. The molecule has 0 bridgehead atoms. The summed E-state index contributed by atoms with van der Waals surface area (Å²) in [4.78, 5) is 11.7. The number of carbonyl (C=O) groups excluding carboxylic acids is 1. The number of carbonyl (C=O) groups is 1. The van der Waals surface area contributed by atoms with E-state index < -0.39 is 0 Å². The minimum absolute atomic E-state index is 0.0961. The Balaban J connectivity index is 1.78. The fourth-order valence-electron chi connectivity index (χ4n) is 1.66. The van der Waals surface area contributed by atoms with Gasteiger partial charge in [-0.3, -0.25) is 4.79 Å². The first-order chi connectivity index (χ1) is 9.63. The molecule has 0 aliphatic carbocycles. The van der Waals surface area contributed by atoms with Gasteiger partial charge in [0.25, 0.3) is 0 Å². The fourth-order valence-corrected chi connectivity index (χ4v) is 2.17. The standard InChI is InChI=1S/C15H15IN2O2/c16-11-3-1-6-14(9-11)20-8-7-15(19)18-13-5-2-4-12(17)10-13/h1-6,9-10H,7-8,17H2,(H,18,19). The summed E-state index contributed by atoms with van der Waals surface area (Å²) < 4.78 is 6.63. The maximum atomic E-state index is 11.7. The Morgan fingerprint density at radius 3 is 2.75 bits per heavy atom. The molecular weight excluding hydrogens is 367 g/mol. The van der Waals surface area contributed by atoms with E-state index in [9.17, 15) is 4.79 Å². The molecule has 0 aliphatic rings. The number of hydrogen-bond acceptors (Lipinski definition) is 3. The first-order valence-electron chi connectivity index (χ1n) is 6.17. The molecule has 20 heavy (non-hydrogen) atoms. The smallest absolute Gasteiger partial charge is 0.227 e. The zero-order valence-corrected chi connectivity index (χ0v) is 13.0. The number of ether oxygens (including phenoxy) is 1. The number of rotatable bonds is 5. The second-order valence-electron chi connectivity index (χ2n) is 4.23. The van der Waals surface area contributed by atoms with Crippen molar-refractivity contribution in [1.82, 2.24) is 0 Å². The molecule has 1 amide bonds. The van der Waals surface area contributed by atoms with Gasteiger partial charge in [-0.15, -0.1) is 0 Å². The highest BCUT2D eigenvalue weighted by molar-refractivity contribution is 14.1. The lowest BCUT2D eigenvalue weighted by Gasteiger charge is -2.08. The Hall–Kier alpha value is -1.76. The van der Waals surface area contributed by atoms with Crippen LogP contribution in [0.25, 0.3) is 0 Å². The monoisotopic (exact) mass is 382 g/mol. The Morgan fingerprint density at radius 1 is 1.20 bits per heavy atom. The van der Waals surface area contributed by atoms with E-state index in [0.717, 1.165) is 9.32 Å². The van der Waals surface area contributed by atoms with E-state index in [1.165, 1.54) is 0 Å². The van der Waals surface area contributed by atoms with Gasteiger partial charge in [0, 0.05) is 14.9 Å². The van der Waals surface area contributed by atoms with Gasteiger partial charge < -0.3 is 15.8 Å². The van der Waals surface area contributed by atoms with E-state index in [1.54, 1.807) is 24.3 Å². The first kappa shape index (κ1) is 14.6. The lowest BCUT2D eigenvalue weighted by Crippen LogP contribution is -2.15. The summed E-state index contributed by atoms with van der Waals surface area (Å²) in [5.74, 6) is 0.676. The summed E-state index contributed by atoms with van der Waals surface area (Å²) in [5.41, 5.74) is 6.97. The van der Waals surface area contributed by atoms with Crippen LogP contribution in [-0.4, -0.2) is 12.5 Å². The predicted octanol–water partition coefficient (Wildman–Crippen LogP) is 3.28. The van der Waals surface area contributed by atoms with E-state index in [0.29, 0.717) is 24.4 Å². The van der Waals surface area contributed by atoms with Gasteiger partial charge in [0.15, 0.2) is 0 Å². The second kappa shape index (κ2) is 7.14. The van der Waals surface area contributed by atoms with Gasteiger partial charge >= 0.3 is 0 Å². The average molecular weight is 382 g/mol. The largest absolute Gasteiger partial charge is 0.493 e. The van der Waals surface area contributed by atoms with E-state index in [2.05, 4.69) is 27.9 Å². The van der Waals surface area contributed by atoms with Gasteiger partial charge in [-0.25, -0.2) is 0 Å². The van der Waals surface area contributed by atoms with E-state index in [1.807, 2.05) is 24.3 Å². The molecule has 4 nitrogen and oxygen atoms in total. The molecule has 0 aliphatic heterocycles. The van der Waals surface area contributed by atoms with Gasteiger partial charge in [0.1, 0.15) is 5.75 Å². The molecule has 0 saturated carbocycles. The quantitative estimate of drug-likeness (QED) is 0.616. The topological polar surface area (TPSA) is 64.3 Å². The summed E-state index contributed by atoms with van der Waals surface area (Å²) >= 11 is 2.22. The summed E-state index contributed by atoms with van der Waals surface area (Å²) in [6.07, 6.45) is 0.292. The van der Waals surface area contributed by atoms with Crippen molar-refractivity contribution in [3.8, 4) is 5.75 Å². The van der Waals surface area contributed by atoms with Crippen LogP contribution in [0.4, 0.5) is 11.4 Å². The number of nitrogen functional groups attached to an aromatic ring is 1. The SMILES string of the molecule is Nc1cccc(NC(=O)CCOc2cccc(I)c2)c1. The van der Waals surface area contributed by atoms with Gasteiger partial charge in [0.2, 0.25) is 5.91 Å². The normalized spacial score (nSPS) is 10.1. The highest BCUT2D eigenvalue weighted by Gasteiger charge is 2.03. The third-order valence-electron chi connectivity index (χ3n) is 2.56. The lowest BCUT2D eigenvalue weighted by atomic mass is 10.3. The number of anilines is 2. The molecule has 0 radical (unpaired) electrons. The zero-order chi connectivity index (χ0) is 14.4. The highest BCUT2D eigenvalue weighted by Crippen LogP contribution is 2.15. The van der Waals surface area contributed by atoms with Crippen molar-refractivity contribution in [2.24, 2.45) is 0 Å². The van der Waals surface area contributed by atoms with Crippen LogP contribution in [0.1, 0.15) is 6.42 Å². The van der Waals surface area contributed by atoms with E-state index in [4.69, 9.17) is 10.5 Å². The van der Waals surface area contributed by atoms with Gasteiger partial charge in [0.05, 0.1) is 13.0 Å². The molecule has 2 rings (SSSR count). The molecule has 0 spiro atoms. The molecule has 2 aromatic carbocycles. The van der Waals surface area contributed by atoms with E-state index in [-0.39, 0.29) is 5.91 Å². The summed E-state index contributed by atoms with van der Waals surface area (Å²) in [6, 6.07) is 14.8. The first-order valence-corrected chi connectivity index (χ1v) is 7.25. The number of nitrogens with one attached hydrogen (secondary N) is 1. The number of benzene rings is 2. The molecule has 0 atom stereocenters. The molecule has 0 aromatic heterocycles. The molecule has 5 heteroatoms. The van der Waals surface area contributed by atoms with Crippen molar-refractivity contribution in [3.63, 3.8) is 0 Å². The van der Waals surface area contributed by atoms with Crippen molar-refractivity contribution in [3.05, 3.63) is 52.1 Å². The number of halogens is 1. The third kappa shape index (κ3) is 4.73. The predicted molar refractivity (Wildman–Crippen MR) is 88.8 cm³/mol. The summed E-state index contributed by atoms with van der Waals surface area (Å²) in [6.45, 7) is 0.342. The van der Waals surface area contributed by atoms with Crippen molar-refractivity contribution in [2.45, 2.75) is 6.42 Å². The molecule has 3 N–H and O–H groups in total. The molecule has 0 heterocycles. The Morgan fingerprint density at radius 2 is 2.00 bits per heavy atom. The van der Waals surface area contributed by atoms with Gasteiger partial charge in [-0.1, -0.05) is 12.1 Å². The van der Waals surface area contributed by atoms with Crippen LogP contribution < -0.4 is 15.8 Å². The minimum Gasteiger partial charge on any atom is -0.493 e. The van der Waals surface area contributed by atoms with Crippen LogP contribution in [0.5, 0.6) is 5.75 Å². The van der Waals surface area contributed by atoms with Crippen molar-refractivity contribution in [2.75, 3.05) is 17.7 Å². The average Bonchev–Trinajstić information content (AvgIpc) is 2.38. The van der Waals surface area contributed by atoms with Crippen LogP contribution in [0.3, 0.4) is 0 Å². The maximum absolute atomic E-state index is 11.7. The molecule has 2 aromatic rings. The van der Waals surface area contributed by atoms with Gasteiger partial charge in [-0.2, -0.15) is 0 Å². The Bertz CT molecular complexity index is 602. The third-order valence-corrected chi connectivity index (χ3v) is 3.24. The second-order valence-corrected chi connectivity index (χ2v) is 5.48. The highest BCUT2D eigenvalue weighted by atomic mass is 127. The molecule has 0 saturated heterocycles. The molecule has 0 unspecified atom stereocenters. The van der Waals surface area contributed by atoms with Crippen molar-refractivity contribution in [1.29, 1.82) is 0 Å². The molecule has 104 valence electrons. The fraction of sp³-hybridized carbons (Fsp3) is 0.133. The summed E-state index contributed by atoms with van der Waals surface area (Å²) in [7, 11) is 0. The zero-order valence-electron chi connectivity index (χ0n) is 10.8. The van der Waals surface area contributed by atoms with Gasteiger partial charge in [-0.05, 0) is 59.0 Å². The van der Waals surface area contributed by atoms with Crippen molar-refractivity contribution < 1.29 is 9.53 Å². The van der Waals surface area contributed by atoms with Crippen LogP contribution >= 0.6 is 22.6 Å². The Kier molecular flexibility index (Phi) is 5.23. The number of amides is 1. The maximum Gasteiger partial charge on any atom is 0.227 e. The lowest BCUT2D eigenvalue weighted by molar-refractivity contribution is -0.116. The summed E-state index contributed by atoms with van der Waals surface area (Å²) in [5, 5.41) is 2.78. The van der Waals surface area contributed by atoms with Crippen molar-refractivity contribution >= 4 is 39.9 Å². The Labute approximate surface area is 131 Å². The minimum atomic E-state index is -0.0961. The van der Waals surface area contributed by atoms with Crippen LogP contribution in [0.15, 0.2) is 48.5 Å².